The monoisotopic (exact) mass is 251 g/mol. The third-order valence-electron chi connectivity index (χ3n) is 2.16. The maximum absolute atomic E-state index is 12.6. The van der Waals surface area contributed by atoms with E-state index in [2.05, 4.69) is 0 Å². The van der Waals surface area contributed by atoms with Crippen molar-refractivity contribution in [3.05, 3.63) is 29.1 Å². The van der Waals surface area contributed by atoms with Gasteiger partial charge in [0.25, 0.3) is 6.43 Å². The lowest BCUT2D eigenvalue weighted by molar-refractivity contribution is 0.156. The molecule has 86 valence electrons. The van der Waals surface area contributed by atoms with Gasteiger partial charge in [-0.25, -0.2) is 8.78 Å². The van der Waals surface area contributed by atoms with E-state index in [4.69, 9.17) is 0 Å². The molecular weight excluding hydrogens is 246 g/mol. The fraction of sp³-hybridized carbons (Fsp3) is 0.111. The van der Waals surface area contributed by atoms with Gasteiger partial charge >= 0.3 is 6.98 Å². The van der Waals surface area contributed by atoms with E-state index in [0.29, 0.717) is 11.3 Å². The van der Waals surface area contributed by atoms with Crippen LogP contribution < -0.4 is 5.46 Å². The van der Waals surface area contributed by atoms with E-state index in [0.717, 1.165) is 12.1 Å². The van der Waals surface area contributed by atoms with Crippen molar-refractivity contribution >= 4 is 33.9 Å². The van der Waals surface area contributed by atoms with E-state index < -0.39 is 18.9 Å². The second-order valence-corrected chi connectivity index (χ2v) is 4.37. The van der Waals surface area contributed by atoms with Crippen molar-refractivity contribution in [3.63, 3.8) is 0 Å². The molecule has 0 saturated heterocycles. The number of rotatable bonds is 2. The first-order valence-corrected chi connectivity index (χ1v) is 5.21. The molecule has 0 bridgehead atoms. The van der Waals surface area contributed by atoms with Crippen LogP contribution in [0.1, 0.15) is 11.3 Å². The molecule has 0 saturated carbocycles. The number of benzene rings is 1. The molecule has 2 rings (SSSR count). The van der Waals surface area contributed by atoms with Crippen LogP contribution in [0.4, 0.5) is 21.7 Å². The Kier molecular flexibility index (Phi) is 2.65. The SMILES string of the molecule is FC(F)c1cc2cccc([B-](F)(F)F)c2s1. The maximum atomic E-state index is 12.6. The topological polar surface area (TPSA) is 0 Å². The van der Waals surface area contributed by atoms with Crippen molar-refractivity contribution in [2.75, 3.05) is 0 Å². The van der Waals surface area contributed by atoms with Gasteiger partial charge in [0, 0.05) is 4.70 Å². The van der Waals surface area contributed by atoms with E-state index in [1.165, 1.54) is 12.1 Å². The third kappa shape index (κ3) is 1.91. The molecule has 0 N–H and O–H groups in total. The molecule has 0 unspecified atom stereocenters. The van der Waals surface area contributed by atoms with Crippen LogP contribution in [0, 0.1) is 0 Å². The van der Waals surface area contributed by atoms with Gasteiger partial charge in [0.1, 0.15) is 0 Å². The summed E-state index contributed by atoms with van der Waals surface area (Å²) in [6, 6.07) is 4.67. The van der Waals surface area contributed by atoms with Crippen LogP contribution in [-0.4, -0.2) is 6.98 Å². The van der Waals surface area contributed by atoms with Gasteiger partial charge in [-0.05, 0) is 11.5 Å². The number of hydrogen-bond donors (Lipinski definition) is 0. The number of halogens is 5. The van der Waals surface area contributed by atoms with E-state index >= 15 is 0 Å². The molecule has 16 heavy (non-hydrogen) atoms. The Hall–Kier alpha value is -1.11. The van der Waals surface area contributed by atoms with Crippen molar-refractivity contribution in [1.29, 1.82) is 0 Å². The van der Waals surface area contributed by atoms with Gasteiger partial charge in [0.05, 0.1) is 4.88 Å². The Morgan fingerprint density at radius 1 is 1.12 bits per heavy atom. The van der Waals surface area contributed by atoms with Crippen molar-refractivity contribution in [3.8, 4) is 0 Å². The maximum Gasteiger partial charge on any atom is 0.511 e. The van der Waals surface area contributed by atoms with Gasteiger partial charge in [-0.15, -0.1) is 11.3 Å². The minimum absolute atomic E-state index is 0.106. The Balaban J connectivity index is 2.68. The van der Waals surface area contributed by atoms with Crippen molar-refractivity contribution in [1.82, 2.24) is 0 Å². The van der Waals surface area contributed by atoms with Crippen LogP contribution in [0.3, 0.4) is 0 Å². The van der Waals surface area contributed by atoms with Gasteiger partial charge in [-0.2, -0.15) is 0 Å². The van der Waals surface area contributed by atoms with Crippen molar-refractivity contribution in [2.24, 2.45) is 0 Å². The highest BCUT2D eigenvalue weighted by molar-refractivity contribution is 7.20. The van der Waals surface area contributed by atoms with E-state index in [9.17, 15) is 21.7 Å². The molecular formula is C9H5BF5S-. The van der Waals surface area contributed by atoms with E-state index in [-0.39, 0.29) is 15.0 Å². The summed E-state index contributed by atoms with van der Waals surface area (Å²) in [7, 11) is 0. The van der Waals surface area contributed by atoms with Crippen LogP contribution >= 0.6 is 11.3 Å². The molecule has 0 radical (unpaired) electrons. The normalized spacial score (nSPS) is 12.6. The Morgan fingerprint density at radius 3 is 2.38 bits per heavy atom. The average Bonchev–Trinajstić information content (AvgIpc) is 2.58. The van der Waals surface area contributed by atoms with E-state index in [1.54, 1.807) is 0 Å². The van der Waals surface area contributed by atoms with Gasteiger partial charge in [-0.3, -0.25) is 0 Å². The molecule has 0 fully saturated rings. The number of fused-ring (bicyclic) bond motifs is 1. The second kappa shape index (κ2) is 3.73. The Bertz CT molecular complexity index is 516. The lowest BCUT2D eigenvalue weighted by atomic mass is 9.80. The summed E-state index contributed by atoms with van der Waals surface area (Å²) < 4.78 is 62.5. The van der Waals surface area contributed by atoms with Gasteiger partial charge in [0.2, 0.25) is 0 Å². The summed E-state index contributed by atoms with van der Waals surface area (Å²) in [4.78, 5) is -0.331. The smallest absolute Gasteiger partial charge is 0.445 e. The van der Waals surface area contributed by atoms with Crippen LogP contribution in [0.15, 0.2) is 24.3 Å². The fourth-order valence-electron chi connectivity index (χ4n) is 1.47. The highest BCUT2D eigenvalue weighted by Crippen LogP contribution is 2.32. The van der Waals surface area contributed by atoms with E-state index in [1.807, 2.05) is 0 Å². The zero-order valence-corrected chi connectivity index (χ0v) is 8.58. The molecule has 1 aromatic heterocycles. The lowest BCUT2D eigenvalue weighted by Crippen LogP contribution is -2.33. The molecule has 0 amide bonds. The molecule has 0 atom stereocenters. The van der Waals surface area contributed by atoms with Crippen LogP contribution in [0.2, 0.25) is 0 Å². The fourth-order valence-corrected chi connectivity index (χ4v) is 2.55. The summed E-state index contributed by atoms with van der Waals surface area (Å²) in [5.74, 6) is 0. The second-order valence-electron chi connectivity index (χ2n) is 3.29. The molecule has 1 heterocycles. The zero-order chi connectivity index (χ0) is 11.9. The molecule has 1 aromatic carbocycles. The zero-order valence-electron chi connectivity index (χ0n) is 7.76. The number of thiophene rings is 1. The summed E-state index contributed by atoms with van der Waals surface area (Å²) in [5, 5.41) is 0.219. The van der Waals surface area contributed by atoms with Crippen LogP contribution in [-0.2, 0) is 0 Å². The number of alkyl halides is 2. The molecule has 0 nitrogen and oxygen atoms in total. The van der Waals surface area contributed by atoms with Crippen LogP contribution in [0.5, 0.6) is 0 Å². The summed E-state index contributed by atoms with van der Waals surface area (Å²) >= 11 is 0.504. The largest absolute Gasteiger partial charge is 0.511 e. The predicted molar refractivity (Wildman–Crippen MR) is 55.5 cm³/mol. The predicted octanol–water partition coefficient (Wildman–Crippen LogP) is 3.89. The molecule has 2 aromatic rings. The molecule has 0 spiro atoms. The Labute approximate surface area is 91.8 Å². The summed E-state index contributed by atoms with van der Waals surface area (Å²) in [5.41, 5.74) is -0.797. The first-order valence-electron chi connectivity index (χ1n) is 4.40. The molecule has 0 aliphatic carbocycles. The number of hydrogen-bond acceptors (Lipinski definition) is 1. The average molecular weight is 251 g/mol. The van der Waals surface area contributed by atoms with Crippen molar-refractivity contribution in [2.45, 2.75) is 6.43 Å². The van der Waals surface area contributed by atoms with Crippen LogP contribution in [0.25, 0.3) is 10.1 Å². The quantitative estimate of drug-likeness (QED) is 0.561. The summed E-state index contributed by atoms with van der Waals surface area (Å²) in [6.07, 6.45) is -2.73. The molecule has 0 aliphatic heterocycles. The highest BCUT2D eigenvalue weighted by Gasteiger charge is 2.28. The van der Waals surface area contributed by atoms with Crippen molar-refractivity contribution < 1.29 is 21.7 Å². The molecule has 0 aliphatic rings. The first kappa shape index (κ1) is 11.4. The minimum Gasteiger partial charge on any atom is -0.445 e. The lowest BCUT2D eigenvalue weighted by Gasteiger charge is -2.15. The highest BCUT2D eigenvalue weighted by atomic mass is 32.1. The molecule has 7 heteroatoms. The standard InChI is InChI=1S/C9H5BF5S/c11-9(12)7-4-5-2-1-3-6(8(5)16-7)10(13,14)15/h1-4,9H/q-1. The van der Waals surface area contributed by atoms with Gasteiger partial charge in [-0.1, -0.05) is 23.7 Å². The first-order chi connectivity index (χ1) is 7.39. The summed E-state index contributed by atoms with van der Waals surface area (Å²) in [6.45, 7) is -5.16. The third-order valence-corrected chi connectivity index (χ3v) is 3.37. The Morgan fingerprint density at radius 2 is 1.81 bits per heavy atom. The minimum atomic E-state index is -5.16. The van der Waals surface area contributed by atoms with Gasteiger partial charge < -0.3 is 12.9 Å². The van der Waals surface area contributed by atoms with Gasteiger partial charge in [0.15, 0.2) is 0 Å².